The number of fused-ring (bicyclic) bond motifs is 2. The Bertz CT molecular complexity index is 1290. The molecule has 6 nitrogen and oxygen atoms in total. The summed E-state index contributed by atoms with van der Waals surface area (Å²) >= 11 is 1.61. The molecule has 0 saturated carbocycles. The lowest BCUT2D eigenvalue weighted by molar-refractivity contribution is -0.128. The molecular formula is C27H27N3O3S. The zero-order valence-electron chi connectivity index (χ0n) is 19.4. The molecule has 1 aliphatic carbocycles. The van der Waals surface area contributed by atoms with Gasteiger partial charge in [-0.25, -0.2) is 4.98 Å². The fourth-order valence-corrected chi connectivity index (χ4v) is 6.27. The van der Waals surface area contributed by atoms with Crippen molar-refractivity contribution in [2.75, 3.05) is 19.7 Å². The summed E-state index contributed by atoms with van der Waals surface area (Å²) in [6.07, 6.45) is 4.29. The molecule has 5 rings (SSSR count). The van der Waals surface area contributed by atoms with Gasteiger partial charge in [-0.05, 0) is 61.6 Å². The maximum absolute atomic E-state index is 12.6. The highest BCUT2D eigenvalue weighted by Crippen LogP contribution is 2.49. The summed E-state index contributed by atoms with van der Waals surface area (Å²) in [7, 11) is 0. The highest BCUT2D eigenvalue weighted by molar-refractivity contribution is 7.18. The Morgan fingerprint density at radius 3 is 2.94 bits per heavy atom. The van der Waals surface area contributed by atoms with Gasteiger partial charge in [0.25, 0.3) is 0 Å². The number of hydrogen-bond donors (Lipinski definition) is 1. The number of aliphatic hydroxyl groups is 1. The maximum atomic E-state index is 12.6. The largest absolute Gasteiger partial charge is 0.490 e. The fraction of sp³-hybridized carbons (Fsp3) is 0.370. The molecule has 1 saturated heterocycles. The smallest absolute Gasteiger partial charge is 0.223 e. The van der Waals surface area contributed by atoms with Crippen LogP contribution in [-0.2, 0) is 16.6 Å². The Morgan fingerprint density at radius 1 is 1.32 bits per heavy atom. The van der Waals surface area contributed by atoms with Crippen LogP contribution in [0.4, 0.5) is 0 Å². The molecule has 0 bridgehead atoms. The third-order valence-electron chi connectivity index (χ3n) is 6.79. The summed E-state index contributed by atoms with van der Waals surface area (Å²) < 4.78 is 5.75. The molecule has 7 heteroatoms. The average molecular weight is 474 g/mol. The monoisotopic (exact) mass is 473 g/mol. The second kappa shape index (κ2) is 8.86. The van der Waals surface area contributed by atoms with Crippen molar-refractivity contribution < 1.29 is 14.6 Å². The van der Waals surface area contributed by atoms with Crippen LogP contribution in [-0.4, -0.2) is 46.7 Å². The summed E-state index contributed by atoms with van der Waals surface area (Å²) in [6, 6.07) is 14.2. The number of nitrogens with zero attached hydrogens (tertiary/aromatic N) is 3. The second-order valence-electron chi connectivity index (χ2n) is 9.35. The molecule has 1 atom stereocenters. The lowest BCUT2D eigenvalue weighted by atomic mass is 9.80. The zero-order valence-corrected chi connectivity index (χ0v) is 20.2. The van der Waals surface area contributed by atoms with Crippen molar-refractivity contribution in [1.82, 2.24) is 9.88 Å². The highest BCUT2D eigenvalue weighted by atomic mass is 32.1. The second-order valence-corrected chi connectivity index (χ2v) is 10.4. The van der Waals surface area contributed by atoms with Gasteiger partial charge in [-0.3, -0.25) is 4.79 Å². The Kier molecular flexibility index (Phi) is 5.88. The SMILES string of the molecule is CC(C)Oc1ccc(-c2ncc(-c3cccc4c3CC[C@]43CC(=O)N(CCO)C3)s2)cc1C#N. The predicted molar refractivity (Wildman–Crippen MR) is 132 cm³/mol. The Labute approximate surface area is 203 Å². The van der Waals surface area contributed by atoms with E-state index in [-0.39, 0.29) is 24.0 Å². The summed E-state index contributed by atoms with van der Waals surface area (Å²) in [5.74, 6) is 0.719. The van der Waals surface area contributed by atoms with Gasteiger partial charge in [0, 0.05) is 36.7 Å². The number of ether oxygens (including phenoxy) is 1. The summed E-state index contributed by atoms with van der Waals surface area (Å²) in [5.41, 5.74) is 4.98. The van der Waals surface area contributed by atoms with E-state index in [1.54, 1.807) is 16.2 Å². The minimum atomic E-state index is -0.154. The van der Waals surface area contributed by atoms with E-state index < -0.39 is 0 Å². The van der Waals surface area contributed by atoms with Crippen LogP contribution < -0.4 is 4.74 Å². The fourth-order valence-electron chi connectivity index (χ4n) is 5.31. The number of thiazole rings is 1. The minimum Gasteiger partial charge on any atom is -0.490 e. The van der Waals surface area contributed by atoms with E-state index in [1.165, 1.54) is 16.7 Å². The number of likely N-dealkylation sites (tertiary alicyclic amines) is 1. The molecule has 0 unspecified atom stereocenters. The van der Waals surface area contributed by atoms with Gasteiger partial charge in [0.1, 0.15) is 16.8 Å². The Hall–Kier alpha value is -3.21. The molecule has 1 amide bonds. The summed E-state index contributed by atoms with van der Waals surface area (Å²) in [6.45, 7) is 4.96. The van der Waals surface area contributed by atoms with E-state index in [0.29, 0.717) is 30.8 Å². The summed E-state index contributed by atoms with van der Waals surface area (Å²) in [4.78, 5) is 20.1. The average Bonchev–Trinajstić information content (AvgIpc) is 3.52. The highest BCUT2D eigenvalue weighted by Gasteiger charge is 2.48. The van der Waals surface area contributed by atoms with E-state index in [2.05, 4.69) is 29.3 Å². The van der Waals surface area contributed by atoms with Crippen LogP contribution in [0.5, 0.6) is 5.75 Å². The van der Waals surface area contributed by atoms with Gasteiger partial charge in [0.2, 0.25) is 5.91 Å². The molecule has 174 valence electrons. The van der Waals surface area contributed by atoms with E-state index >= 15 is 0 Å². The van der Waals surface area contributed by atoms with Gasteiger partial charge in [-0.15, -0.1) is 11.3 Å². The number of nitriles is 1. The van der Waals surface area contributed by atoms with E-state index in [4.69, 9.17) is 4.74 Å². The quantitative estimate of drug-likeness (QED) is 0.568. The van der Waals surface area contributed by atoms with Crippen LogP contribution in [0.25, 0.3) is 21.0 Å². The van der Waals surface area contributed by atoms with Crippen LogP contribution in [0, 0.1) is 11.3 Å². The Balaban J connectivity index is 1.46. The van der Waals surface area contributed by atoms with Crippen LogP contribution in [0.2, 0.25) is 0 Å². The predicted octanol–water partition coefficient (Wildman–Crippen LogP) is 4.54. The van der Waals surface area contributed by atoms with Crippen LogP contribution >= 0.6 is 11.3 Å². The number of aromatic nitrogens is 1. The van der Waals surface area contributed by atoms with Crippen molar-refractivity contribution in [3.05, 3.63) is 59.3 Å². The topological polar surface area (TPSA) is 86.4 Å². The van der Waals surface area contributed by atoms with E-state index in [9.17, 15) is 15.2 Å². The number of hydrogen-bond acceptors (Lipinski definition) is 6. The molecule has 1 aliphatic heterocycles. The molecule has 1 N–H and O–H groups in total. The van der Waals surface area contributed by atoms with Gasteiger partial charge in [0.05, 0.1) is 23.2 Å². The molecule has 0 radical (unpaired) electrons. The third-order valence-corrected chi connectivity index (χ3v) is 7.87. The number of carbonyl (C=O) groups excluding carboxylic acids is 1. The number of aliphatic hydroxyl groups excluding tert-OH is 1. The van der Waals surface area contributed by atoms with Crippen molar-refractivity contribution in [2.24, 2.45) is 0 Å². The van der Waals surface area contributed by atoms with Crippen molar-refractivity contribution in [1.29, 1.82) is 5.26 Å². The molecule has 2 aromatic carbocycles. The van der Waals surface area contributed by atoms with E-state index in [1.807, 2.05) is 38.2 Å². The number of carbonyl (C=O) groups is 1. The van der Waals surface area contributed by atoms with Gasteiger partial charge < -0.3 is 14.7 Å². The molecule has 34 heavy (non-hydrogen) atoms. The molecular weight excluding hydrogens is 446 g/mol. The summed E-state index contributed by atoms with van der Waals surface area (Å²) in [5, 5.41) is 19.8. The van der Waals surface area contributed by atoms with Crippen LogP contribution in [0.3, 0.4) is 0 Å². The molecule has 3 aromatic rings. The molecule has 2 heterocycles. The van der Waals surface area contributed by atoms with Crippen molar-refractivity contribution in [2.45, 2.75) is 44.6 Å². The van der Waals surface area contributed by atoms with Crippen LogP contribution in [0.15, 0.2) is 42.6 Å². The van der Waals surface area contributed by atoms with Gasteiger partial charge in [-0.2, -0.15) is 5.26 Å². The first-order valence-electron chi connectivity index (χ1n) is 11.6. The number of benzene rings is 2. The molecule has 1 fully saturated rings. The lowest BCUT2D eigenvalue weighted by Crippen LogP contribution is -2.32. The number of amides is 1. The minimum absolute atomic E-state index is 0.00114. The first kappa shape index (κ1) is 22.6. The van der Waals surface area contributed by atoms with Crippen molar-refractivity contribution in [3.8, 4) is 32.8 Å². The molecule has 1 spiro atoms. The third kappa shape index (κ3) is 3.87. The van der Waals surface area contributed by atoms with Crippen molar-refractivity contribution >= 4 is 17.2 Å². The molecule has 2 aliphatic rings. The lowest BCUT2D eigenvalue weighted by Gasteiger charge is -2.25. The number of rotatable bonds is 6. The molecule has 1 aromatic heterocycles. The van der Waals surface area contributed by atoms with E-state index in [0.717, 1.165) is 28.3 Å². The normalized spacial score (nSPS) is 19.1. The Morgan fingerprint density at radius 2 is 2.18 bits per heavy atom. The zero-order chi connectivity index (χ0) is 23.9. The van der Waals surface area contributed by atoms with Crippen molar-refractivity contribution in [3.63, 3.8) is 0 Å². The van der Waals surface area contributed by atoms with Gasteiger partial charge in [-0.1, -0.05) is 18.2 Å². The number of β-amino-alcohol motifs (C(OH)–C–C–N with tert-alkyl or cyclic N) is 1. The standard InChI is InChI=1S/C27H27N3O3S/c1-17(2)33-23-7-6-18(12-19(23)14-28)26-29-15-24(34-26)21-4-3-5-22-20(21)8-9-27(22)13-25(32)30(16-27)10-11-31/h3-7,12,15,17,31H,8-11,13,16H2,1-2H3/t27-/m1/s1. The first-order chi connectivity index (χ1) is 16.4. The first-order valence-corrected chi connectivity index (χ1v) is 12.4. The maximum Gasteiger partial charge on any atom is 0.223 e. The van der Waals surface area contributed by atoms with Crippen LogP contribution in [0.1, 0.15) is 43.4 Å². The van der Waals surface area contributed by atoms with Gasteiger partial charge in [0.15, 0.2) is 0 Å². The van der Waals surface area contributed by atoms with Gasteiger partial charge >= 0.3 is 0 Å².